The molecule has 1 unspecified atom stereocenters. The van der Waals surface area contributed by atoms with Gasteiger partial charge in [-0.1, -0.05) is 0 Å². The van der Waals surface area contributed by atoms with Crippen LogP contribution in [0, 0.1) is 6.92 Å². The van der Waals surface area contributed by atoms with Gasteiger partial charge in [-0.3, -0.25) is 0 Å². The minimum Gasteiger partial charge on any atom is -0.392 e. The Kier molecular flexibility index (Phi) is 10.9. The molecule has 0 rings (SSSR count). The first-order chi connectivity index (χ1) is 3.27. The molecule has 0 saturated heterocycles. The minimum atomic E-state index is -0.248. The second kappa shape index (κ2) is 7.61. The maximum Gasteiger partial charge on any atom is 0.0635 e. The fraction of sp³-hybridized carbons (Fsp3) is 0.800. The first kappa shape index (κ1) is 11.4. The molecule has 1 atom stereocenters. The molecule has 50 valence electrons. The number of aliphatic hydroxyl groups excluding tert-OH is 1. The van der Waals surface area contributed by atoms with Gasteiger partial charge in [0.05, 0.1) is 6.10 Å². The SMILES string of the molecule is [CH2-]CNCC(C)O.[W]. The van der Waals surface area contributed by atoms with Crippen molar-refractivity contribution < 1.29 is 26.2 Å². The van der Waals surface area contributed by atoms with Gasteiger partial charge >= 0.3 is 0 Å². The maximum atomic E-state index is 8.59. The molecule has 0 fully saturated rings. The van der Waals surface area contributed by atoms with Crippen LogP contribution in [-0.2, 0) is 21.1 Å². The Bertz CT molecular complexity index is 41.4. The molecule has 0 amide bonds. The fourth-order valence-electron chi connectivity index (χ4n) is 0.311. The molecule has 0 aliphatic carbocycles. The Morgan fingerprint density at radius 2 is 2.25 bits per heavy atom. The van der Waals surface area contributed by atoms with Crippen molar-refractivity contribution in [2.45, 2.75) is 13.0 Å². The number of nitrogens with one attached hydrogen (secondary N) is 1. The zero-order chi connectivity index (χ0) is 5.70. The molecule has 0 bridgehead atoms. The summed E-state index contributed by atoms with van der Waals surface area (Å²) in [7, 11) is 0. The van der Waals surface area contributed by atoms with Crippen molar-refractivity contribution in [1.82, 2.24) is 5.32 Å². The third-order valence-corrected chi connectivity index (χ3v) is 0.617. The molecule has 0 aliphatic heterocycles. The molecule has 2 nitrogen and oxygen atoms in total. The normalized spacial score (nSPS) is 12.4. The van der Waals surface area contributed by atoms with Gasteiger partial charge in [-0.2, -0.15) is 0 Å². The standard InChI is InChI=1S/C5H12NO.W/c1-3-6-4-5(2)7;/h5-7H,1,3-4H2,2H3;/q-1;. The first-order valence-corrected chi connectivity index (χ1v) is 2.45. The summed E-state index contributed by atoms with van der Waals surface area (Å²) in [6, 6.07) is 0. The van der Waals surface area contributed by atoms with E-state index in [4.69, 9.17) is 5.11 Å². The largest absolute Gasteiger partial charge is 0.392 e. The Hall–Kier alpha value is 0.608. The third-order valence-electron chi connectivity index (χ3n) is 0.617. The van der Waals surface area contributed by atoms with E-state index < -0.39 is 0 Å². The number of rotatable bonds is 3. The van der Waals surface area contributed by atoms with Crippen LogP contribution in [-0.4, -0.2) is 24.3 Å². The quantitative estimate of drug-likeness (QED) is 0.704. The van der Waals surface area contributed by atoms with Crippen LogP contribution in [0.1, 0.15) is 6.92 Å². The molecule has 0 heterocycles. The molecule has 8 heavy (non-hydrogen) atoms. The summed E-state index contributed by atoms with van der Waals surface area (Å²) in [5.74, 6) is 0. The zero-order valence-corrected chi connectivity index (χ0v) is 7.99. The monoisotopic (exact) mass is 286 g/mol. The molecule has 0 aromatic rings. The summed E-state index contributed by atoms with van der Waals surface area (Å²) in [6.45, 7) is 6.60. The predicted molar refractivity (Wildman–Crippen MR) is 29.9 cm³/mol. The summed E-state index contributed by atoms with van der Waals surface area (Å²) in [6.07, 6.45) is -0.248. The van der Waals surface area contributed by atoms with E-state index in [1.807, 2.05) is 0 Å². The molecule has 0 saturated carbocycles. The molecule has 0 aromatic heterocycles. The van der Waals surface area contributed by atoms with E-state index in [2.05, 4.69) is 12.2 Å². The van der Waals surface area contributed by atoms with E-state index in [0.29, 0.717) is 13.1 Å². The van der Waals surface area contributed by atoms with Crippen LogP contribution < -0.4 is 5.32 Å². The molecule has 0 spiro atoms. The Morgan fingerprint density at radius 3 is 2.38 bits per heavy atom. The third kappa shape index (κ3) is 9.79. The van der Waals surface area contributed by atoms with Gasteiger partial charge in [-0.15, -0.1) is 6.54 Å². The second-order valence-corrected chi connectivity index (χ2v) is 1.55. The van der Waals surface area contributed by atoms with E-state index in [1.165, 1.54) is 0 Å². The van der Waals surface area contributed by atoms with Gasteiger partial charge in [0.25, 0.3) is 0 Å². The zero-order valence-electron chi connectivity index (χ0n) is 5.05. The van der Waals surface area contributed by atoms with Crippen molar-refractivity contribution in [2.75, 3.05) is 13.1 Å². The second-order valence-electron chi connectivity index (χ2n) is 1.55. The number of aliphatic hydroxyl groups is 1. The van der Waals surface area contributed by atoms with E-state index in [0.717, 1.165) is 0 Å². The fourth-order valence-corrected chi connectivity index (χ4v) is 0.311. The van der Waals surface area contributed by atoms with Crippen molar-refractivity contribution in [3.8, 4) is 0 Å². The molecule has 0 radical (unpaired) electrons. The van der Waals surface area contributed by atoms with Gasteiger partial charge in [-0.05, 0) is 6.92 Å². The van der Waals surface area contributed by atoms with Gasteiger partial charge in [0.15, 0.2) is 0 Å². The molecule has 0 aromatic carbocycles. The summed E-state index contributed by atoms with van der Waals surface area (Å²) in [4.78, 5) is 0. The number of hydrogen-bond acceptors (Lipinski definition) is 2. The van der Waals surface area contributed by atoms with Crippen molar-refractivity contribution in [2.24, 2.45) is 0 Å². The van der Waals surface area contributed by atoms with Crippen LogP contribution >= 0.6 is 0 Å². The van der Waals surface area contributed by atoms with Crippen molar-refractivity contribution in [1.29, 1.82) is 0 Å². The molecule has 0 aliphatic rings. The average molecular weight is 286 g/mol. The maximum absolute atomic E-state index is 8.59. The van der Waals surface area contributed by atoms with Crippen LogP contribution in [0.3, 0.4) is 0 Å². The summed E-state index contributed by atoms with van der Waals surface area (Å²) >= 11 is 0. The van der Waals surface area contributed by atoms with Crippen molar-refractivity contribution in [3.63, 3.8) is 0 Å². The summed E-state index contributed by atoms with van der Waals surface area (Å²) in [5.41, 5.74) is 0. The molecular formula is C5H12NOW-. The van der Waals surface area contributed by atoms with Crippen LogP contribution in [0.5, 0.6) is 0 Å². The Labute approximate surface area is 64.9 Å². The van der Waals surface area contributed by atoms with Crippen LogP contribution in [0.2, 0.25) is 0 Å². The average Bonchev–Trinajstić information content (AvgIpc) is 1.61. The van der Waals surface area contributed by atoms with Gasteiger partial charge < -0.3 is 17.3 Å². The van der Waals surface area contributed by atoms with Crippen molar-refractivity contribution in [3.05, 3.63) is 6.92 Å². The molecular weight excluding hydrogens is 274 g/mol. The summed E-state index contributed by atoms with van der Waals surface area (Å²) in [5, 5.41) is 11.5. The van der Waals surface area contributed by atoms with Crippen LogP contribution in [0.15, 0.2) is 0 Å². The van der Waals surface area contributed by atoms with E-state index >= 15 is 0 Å². The predicted octanol–water partition coefficient (Wildman–Crippen LogP) is -0.212. The Morgan fingerprint density at radius 1 is 1.75 bits per heavy atom. The molecule has 3 heteroatoms. The van der Waals surface area contributed by atoms with E-state index in [-0.39, 0.29) is 27.2 Å². The van der Waals surface area contributed by atoms with Gasteiger partial charge in [-0.25, -0.2) is 0 Å². The van der Waals surface area contributed by atoms with E-state index in [9.17, 15) is 0 Å². The van der Waals surface area contributed by atoms with Crippen LogP contribution in [0.25, 0.3) is 0 Å². The number of hydrogen-bond donors (Lipinski definition) is 2. The first-order valence-electron chi connectivity index (χ1n) is 2.45. The molecule has 2 N–H and O–H groups in total. The van der Waals surface area contributed by atoms with Crippen LogP contribution in [0.4, 0.5) is 0 Å². The van der Waals surface area contributed by atoms with Gasteiger partial charge in [0.1, 0.15) is 0 Å². The van der Waals surface area contributed by atoms with Crippen molar-refractivity contribution >= 4 is 0 Å². The van der Waals surface area contributed by atoms with E-state index in [1.54, 1.807) is 6.92 Å². The minimum absolute atomic E-state index is 0. The summed E-state index contributed by atoms with van der Waals surface area (Å²) < 4.78 is 0. The smallest absolute Gasteiger partial charge is 0.0635 e. The van der Waals surface area contributed by atoms with Gasteiger partial charge in [0.2, 0.25) is 0 Å². The van der Waals surface area contributed by atoms with Gasteiger partial charge in [0, 0.05) is 27.6 Å². The topological polar surface area (TPSA) is 32.3 Å². The Balaban J connectivity index is 0.